The standard InChI is InChI=1S/C16H16F2IN/c1-3-20-16(11-4-6-12(19)7-5-11)13-8-10(2)14(17)9-15(13)18/h4-9,16,20H,3H2,1-2H3. The van der Waals surface area contributed by atoms with Gasteiger partial charge in [0.2, 0.25) is 0 Å². The van der Waals surface area contributed by atoms with Gasteiger partial charge in [-0.05, 0) is 65.4 Å². The van der Waals surface area contributed by atoms with Crippen LogP contribution in [0.3, 0.4) is 0 Å². The van der Waals surface area contributed by atoms with Gasteiger partial charge in [0.05, 0.1) is 6.04 Å². The summed E-state index contributed by atoms with van der Waals surface area (Å²) in [7, 11) is 0. The third-order valence-corrected chi connectivity index (χ3v) is 3.92. The molecule has 1 N–H and O–H groups in total. The van der Waals surface area contributed by atoms with Gasteiger partial charge < -0.3 is 5.32 Å². The van der Waals surface area contributed by atoms with Gasteiger partial charge in [0.15, 0.2) is 0 Å². The fourth-order valence-corrected chi connectivity index (χ4v) is 2.53. The molecule has 0 fully saturated rings. The summed E-state index contributed by atoms with van der Waals surface area (Å²) >= 11 is 2.23. The summed E-state index contributed by atoms with van der Waals surface area (Å²) in [5.74, 6) is -1.03. The van der Waals surface area contributed by atoms with Gasteiger partial charge in [0.25, 0.3) is 0 Å². The predicted octanol–water partition coefficient (Wildman–Crippen LogP) is 4.58. The first kappa shape index (κ1) is 15.4. The second kappa shape index (κ2) is 6.63. The maximum Gasteiger partial charge on any atom is 0.131 e. The summed E-state index contributed by atoms with van der Waals surface area (Å²) in [5, 5.41) is 3.26. The van der Waals surface area contributed by atoms with Crippen molar-refractivity contribution in [2.45, 2.75) is 19.9 Å². The number of hydrogen-bond acceptors (Lipinski definition) is 1. The molecule has 0 saturated carbocycles. The van der Waals surface area contributed by atoms with Crippen LogP contribution in [0.5, 0.6) is 0 Å². The van der Waals surface area contributed by atoms with Crippen molar-refractivity contribution in [3.8, 4) is 0 Å². The van der Waals surface area contributed by atoms with E-state index < -0.39 is 11.6 Å². The number of nitrogens with one attached hydrogen (secondary N) is 1. The van der Waals surface area contributed by atoms with Gasteiger partial charge in [-0.2, -0.15) is 0 Å². The van der Waals surface area contributed by atoms with Crippen LogP contribution in [0.1, 0.15) is 29.7 Å². The zero-order chi connectivity index (χ0) is 14.7. The molecule has 1 unspecified atom stereocenters. The van der Waals surface area contributed by atoms with E-state index in [-0.39, 0.29) is 6.04 Å². The molecule has 1 nitrogen and oxygen atoms in total. The molecular formula is C16H16F2IN. The normalized spacial score (nSPS) is 12.4. The molecule has 2 aromatic carbocycles. The monoisotopic (exact) mass is 387 g/mol. The third kappa shape index (κ3) is 3.35. The minimum atomic E-state index is -0.516. The Morgan fingerprint density at radius 2 is 1.75 bits per heavy atom. The highest BCUT2D eigenvalue weighted by Gasteiger charge is 2.18. The summed E-state index contributed by atoms with van der Waals surface area (Å²) in [6.07, 6.45) is 0. The minimum absolute atomic E-state index is 0.267. The van der Waals surface area contributed by atoms with Crippen molar-refractivity contribution in [3.63, 3.8) is 0 Å². The van der Waals surface area contributed by atoms with E-state index in [2.05, 4.69) is 27.9 Å². The summed E-state index contributed by atoms with van der Waals surface area (Å²) in [6.45, 7) is 4.32. The molecule has 20 heavy (non-hydrogen) atoms. The molecule has 0 aliphatic carbocycles. The van der Waals surface area contributed by atoms with Crippen LogP contribution in [0.15, 0.2) is 36.4 Å². The van der Waals surface area contributed by atoms with Crippen molar-refractivity contribution in [2.24, 2.45) is 0 Å². The molecule has 2 aromatic rings. The molecule has 0 aliphatic rings. The van der Waals surface area contributed by atoms with Gasteiger partial charge in [-0.3, -0.25) is 0 Å². The van der Waals surface area contributed by atoms with Gasteiger partial charge in [-0.1, -0.05) is 19.1 Å². The van der Waals surface area contributed by atoms with Gasteiger partial charge in [0.1, 0.15) is 11.6 Å². The lowest BCUT2D eigenvalue weighted by molar-refractivity contribution is 0.537. The smallest absolute Gasteiger partial charge is 0.131 e. The number of aryl methyl sites for hydroxylation is 1. The molecule has 106 valence electrons. The Morgan fingerprint density at radius 3 is 2.35 bits per heavy atom. The van der Waals surface area contributed by atoms with Crippen molar-refractivity contribution in [3.05, 3.63) is 68.3 Å². The molecule has 0 amide bonds. The minimum Gasteiger partial charge on any atom is -0.306 e. The largest absolute Gasteiger partial charge is 0.306 e. The van der Waals surface area contributed by atoms with Crippen molar-refractivity contribution >= 4 is 22.6 Å². The first-order valence-corrected chi connectivity index (χ1v) is 7.55. The number of halogens is 3. The van der Waals surface area contributed by atoms with E-state index in [4.69, 9.17) is 0 Å². The third-order valence-electron chi connectivity index (χ3n) is 3.20. The molecule has 0 saturated heterocycles. The first-order chi connectivity index (χ1) is 9.52. The predicted molar refractivity (Wildman–Crippen MR) is 85.8 cm³/mol. The topological polar surface area (TPSA) is 12.0 Å². The maximum atomic E-state index is 14.1. The van der Waals surface area contributed by atoms with Crippen LogP contribution >= 0.6 is 22.6 Å². The zero-order valence-corrected chi connectivity index (χ0v) is 13.5. The Hall–Kier alpha value is -1.01. The Kier molecular flexibility index (Phi) is 5.10. The van der Waals surface area contributed by atoms with Crippen molar-refractivity contribution in [1.29, 1.82) is 0 Å². The fraction of sp³-hybridized carbons (Fsp3) is 0.250. The van der Waals surface area contributed by atoms with Crippen molar-refractivity contribution in [2.75, 3.05) is 6.54 Å². The lowest BCUT2D eigenvalue weighted by Gasteiger charge is -2.20. The van der Waals surface area contributed by atoms with E-state index in [9.17, 15) is 8.78 Å². The van der Waals surface area contributed by atoms with Crippen molar-refractivity contribution < 1.29 is 8.78 Å². The number of hydrogen-bond donors (Lipinski definition) is 1. The Labute approximate surface area is 131 Å². The highest BCUT2D eigenvalue weighted by Crippen LogP contribution is 2.27. The van der Waals surface area contributed by atoms with Gasteiger partial charge in [-0.25, -0.2) is 8.78 Å². The number of benzene rings is 2. The van der Waals surface area contributed by atoms with Gasteiger partial charge in [0, 0.05) is 15.2 Å². The fourth-order valence-electron chi connectivity index (χ4n) is 2.17. The van der Waals surface area contributed by atoms with Crippen LogP contribution in [-0.2, 0) is 0 Å². The molecular weight excluding hydrogens is 371 g/mol. The average molecular weight is 387 g/mol. The van der Waals surface area contributed by atoms with Crippen molar-refractivity contribution in [1.82, 2.24) is 5.32 Å². The highest BCUT2D eigenvalue weighted by atomic mass is 127. The van der Waals surface area contributed by atoms with E-state index in [0.29, 0.717) is 17.7 Å². The molecule has 2 rings (SSSR count). The van der Waals surface area contributed by atoms with E-state index in [1.54, 1.807) is 13.0 Å². The highest BCUT2D eigenvalue weighted by molar-refractivity contribution is 14.1. The molecule has 0 aromatic heterocycles. The first-order valence-electron chi connectivity index (χ1n) is 6.47. The second-order valence-electron chi connectivity index (χ2n) is 4.67. The molecule has 0 spiro atoms. The maximum absolute atomic E-state index is 14.1. The van der Waals surface area contributed by atoms with Crippen LogP contribution in [0.25, 0.3) is 0 Å². The Balaban J connectivity index is 2.48. The van der Waals surface area contributed by atoms with Crippen LogP contribution in [0.4, 0.5) is 8.78 Å². The Bertz CT molecular complexity index is 596. The van der Waals surface area contributed by atoms with Crippen LogP contribution < -0.4 is 5.32 Å². The van der Waals surface area contributed by atoms with Gasteiger partial charge in [-0.15, -0.1) is 0 Å². The molecule has 0 aliphatic heterocycles. The van der Waals surface area contributed by atoms with Crippen LogP contribution in [-0.4, -0.2) is 6.54 Å². The van der Waals surface area contributed by atoms with Crippen LogP contribution in [0, 0.1) is 22.1 Å². The summed E-state index contributed by atoms with van der Waals surface area (Å²) in [4.78, 5) is 0. The van der Waals surface area contributed by atoms with E-state index in [0.717, 1.165) is 15.2 Å². The lowest BCUT2D eigenvalue weighted by atomic mass is 9.96. The summed E-state index contributed by atoms with van der Waals surface area (Å²) in [5.41, 5.74) is 1.90. The molecule has 0 radical (unpaired) electrons. The lowest BCUT2D eigenvalue weighted by Crippen LogP contribution is -2.23. The van der Waals surface area contributed by atoms with E-state index >= 15 is 0 Å². The SMILES string of the molecule is CCNC(c1ccc(I)cc1)c1cc(C)c(F)cc1F. The second-order valence-corrected chi connectivity index (χ2v) is 5.91. The zero-order valence-electron chi connectivity index (χ0n) is 11.4. The quantitative estimate of drug-likeness (QED) is 0.758. The molecule has 1 atom stereocenters. The summed E-state index contributed by atoms with van der Waals surface area (Å²) in [6, 6.07) is 10.2. The molecule has 0 heterocycles. The average Bonchev–Trinajstić information content (AvgIpc) is 2.42. The van der Waals surface area contributed by atoms with E-state index in [1.165, 1.54) is 0 Å². The summed E-state index contributed by atoms with van der Waals surface area (Å²) < 4.78 is 28.6. The number of rotatable bonds is 4. The van der Waals surface area contributed by atoms with Crippen LogP contribution in [0.2, 0.25) is 0 Å². The molecule has 0 bridgehead atoms. The van der Waals surface area contributed by atoms with E-state index in [1.807, 2.05) is 31.2 Å². The Morgan fingerprint density at radius 1 is 1.10 bits per heavy atom. The molecule has 4 heteroatoms. The van der Waals surface area contributed by atoms with Gasteiger partial charge >= 0.3 is 0 Å².